The van der Waals surface area contributed by atoms with E-state index in [1.54, 1.807) is 0 Å². The van der Waals surface area contributed by atoms with E-state index >= 15 is 0 Å². The van der Waals surface area contributed by atoms with Crippen LogP contribution in [0, 0.1) is 13.8 Å². The molecular formula is C43H40N2O+2. The monoisotopic (exact) mass is 600 g/mol. The summed E-state index contributed by atoms with van der Waals surface area (Å²) in [6.07, 6.45) is 5.95. The van der Waals surface area contributed by atoms with Gasteiger partial charge in [-0.15, -0.1) is 15.7 Å². The normalized spacial score (nSPS) is 13.8. The van der Waals surface area contributed by atoms with Gasteiger partial charge in [0.15, 0.2) is 12.0 Å². The molecule has 1 unspecified atom stereocenters. The number of aromatic nitrogens is 2. The minimum absolute atomic E-state index is 0.0204. The Bertz CT molecular complexity index is 2140. The van der Waals surface area contributed by atoms with Crippen LogP contribution >= 0.6 is 0 Å². The molecule has 226 valence electrons. The summed E-state index contributed by atoms with van der Waals surface area (Å²) in [5.74, 6) is 0.0204. The molecule has 3 nitrogen and oxygen atoms in total. The molecule has 1 atom stereocenters. The molecule has 0 amide bonds. The van der Waals surface area contributed by atoms with Crippen molar-refractivity contribution >= 4 is 16.7 Å². The summed E-state index contributed by atoms with van der Waals surface area (Å²) in [6.45, 7) is 13.3. The summed E-state index contributed by atoms with van der Waals surface area (Å²) in [5.41, 5.74) is 12.1. The fourth-order valence-corrected chi connectivity index (χ4v) is 7.74. The maximum Gasteiger partial charge on any atom is 0.381 e. The van der Waals surface area contributed by atoms with Gasteiger partial charge in [-0.3, -0.25) is 4.79 Å². The summed E-state index contributed by atoms with van der Waals surface area (Å²) in [7, 11) is 0. The Kier molecular flexibility index (Phi) is 7.49. The highest BCUT2D eigenvalue weighted by Crippen LogP contribution is 2.42. The maximum absolute atomic E-state index is 13.8. The van der Waals surface area contributed by atoms with Crippen LogP contribution < -0.4 is 9.13 Å². The SMILES string of the molecule is C=CC(CC)(CC)c1c(C)cc(C)cc1-c1ccc2ccccc2[n+]1C1c2ccccc2-c2ccc(C(=O)c3ccccc3)c[n+]21. The number of para-hydroxylation sites is 1. The van der Waals surface area contributed by atoms with Crippen molar-refractivity contribution in [2.75, 3.05) is 0 Å². The van der Waals surface area contributed by atoms with Gasteiger partial charge in [0.2, 0.25) is 16.9 Å². The van der Waals surface area contributed by atoms with E-state index in [9.17, 15) is 4.79 Å². The van der Waals surface area contributed by atoms with Gasteiger partial charge in [-0.25, -0.2) is 0 Å². The molecule has 0 saturated carbocycles. The molecule has 0 N–H and O–H groups in total. The van der Waals surface area contributed by atoms with Crippen molar-refractivity contribution in [3.63, 3.8) is 0 Å². The molecule has 0 saturated heterocycles. The maximum atomic E-state index is 13.8. The summed E-state index contributed by atoms with van der Waals surface area (Å²) in [6, 6.07) is 40.1. The minimum Gasteiger partial charge on any atom is -0.288 e. The highest BCUT2D eigenvalue weighted by molar-refractivity contribution is 6.08. The number of allylic oxidation sites excluding steroid dienone is 1. The Morgan fingerprint density at radius 2 is 1.46 bits per heavy atom. The molecule has 1 aliphatic rings. The third kappa shape index (κ3) is 4.61. The molecule has 1 aliphatic heterocycles. The first-order valence-electron chi connectivity index (χ1n) is 16.3. The molecule has 0 radical (unpaired) electrons. The highest BCUT2D eigenvalue weighted by atomic mass is 16.1. The predicted molar refractivity (Wildman–Crippen MR) is 187 cm³/mol. The van der Waals surface area contributed by atoms with Crippen molar-refractivity contribution in [2.45, 2.75) is 52.1 Å². The highest BCUT2D eigenvalue weighted by Gasteiger charge is 2.46. The van der Waals surface area contributed by atoms with E-state index in [1.165, 1.54) is 38.8 Å². The number of carbonyl (C=O) groups excluding carboxylic acids is 1. The first kappa shape index (κ1) is 29.6. The number of benzene rings is 4. The molecule has 4 aromatic carbocycles. The van der Waals surface area contributed by atoms with Crippen LogP contribution in [0.15, 0.2) is 134 Å². The van der Waals surface area contributed by atoms with Gasteiger partial charge in [0, 0.05) is 34.6 Å². The van der Waals surface area contributed by atoms with Crippen LogP contribution in [0.4, 0.5) is 0 Å². The molecule has 0 fully saturated rings. The zero-order valence-electron chi connectivity index (χ0n) is 27.1. The Morgan fingerprint density at radius 1 is 0.761 bits per heavy atom. The molecule has 2 aromatic heterocycles. The van der Waals surface area contributed by atoms with Gasteiger partial charge >= 0.3 is 6.17 Å². The van der Waals surface area contributed by atoms with E-state index in [1.807, 2.05) is 36.4 Å². The number of pyridine rings is 2. The van der Waals surface area contributed by atoms with Crippen molar-refractivity contribution in [2.24, 2.45) is 0 Å². The summed E-state index contributed by atoms with van der Waals surface area (Å²) in [5, 5.41) is 1.17. The Hall–Kier alpha value is -5.15. The Morgan fingerprint density at radius 3 is 2.22 bits per heavy atom. The van der Waals surface area contributed by atoms with Gasteiger partial charge in [0.25, 0.3) is 0 Å². The molecular weight excluding hydrogens is 560 g/mol. The van der Waals surface area contributed by atoms with Gasteiger partial charge in [0.1, 0.15) is 5.56 Å². The van der Waals surface area contributed by atoms with Gasteiger partial charge in [-0.2, -0.15) is 0 Å². The van der Waals surface area contributed by atoms with Crippen LogP contribution in [-0.4, -0.2) is 5.78 Å². The number of rotatable bonds is 8. The van der Waals surface area contributed by atoms with Crippen molar-refractivity contribution in [1.82, 2.24) is 0 Å². The first-order valence-corrected chi connectivity index (χ1v) is 16.3. The van der Waals surface area contributed by atoms with Crippen molar-refractivity contribution in [1.29, 1.82) is 0 Å². The number of fused-ring (bicyclic) bond motifs is 4. The number of aryl methyl sites for hydroxylation is 2. The second-order valence-electron chi connectivity index (χ2n) is 12.6. The molecule has 0 bridgehead atoms. The van der Waals surface area contributed by atoms with Crippen LogP contribution in [0.25, 0.3) is 33.4 Å². The summed E-state index contributed by atoms with van der Waals surface area (Å²) in [4.78, 5) is 13.8. The second kappa shape index (κ2) is 11.7. The van der Waals surface area contributed by atoms with E-state index in [-0.39, 0.29) is 17.4 Å². The molecule has 0 spiro atoms. The van der Waals surface area contributed by atoms with Gasteiger partial charge in [0.05, 0.1) is 16.7 Å². The third-order valence-electron chi connectivity index (χ3n) is 10.1. The summed E-state index contributed by atoms with van der Waals surface area (Å²) >= 11 is 0. The summed E-state index contributed by atoms with van der Waals surface area (Å²) < 4.78 is 4.80. The zero-order chi connectivity index (χ0) is 32.0. The second-order valence-corrected chi connectivity index (χ2v) is 12.6. The number of hydrogen-bond acceptors (Lipinski definition) is 1. The number of carbonyl (C=O) groups is 1. The number of hydrogen-bond donors (Lipinski definition) is 0. The topological polar surface area (TPSA) is 24.8 Å². The van der Waals surface area contributed by atoms with Crippen molar-refractivity contribution in [3.05, 3.63) is 167 Å². The number of nitrogens with zero attached hydrogens (tertiary/aromatic N) is 2. The first-order chi connectivity index (χ1) is 22.4. The molecule has 3 heteroatoms. The number of ketones is 1. The molecule has 7 rings (SSSR count). The quantitative estimate of drug-likeness (QED) is 0.0970. The predicted octanol–water partition coefficient (Wildman–Crippen LogP) is 9.25. The lowest BCUT2D eigenvalue weighted by Crippen LogP contribution is -2.57. The van der Waals surface area contributed by atoms with E-state index in [0.717, 1.165) is 29.7 Å². The largest absolute Gasteiger partial charge is 0.381 e. The fourth-order valence-electron chi connectivity index (χ4n) is 7.74. The molecule has 46 heavy (non-hydrogen) atoms. The Labute approximate surface area is 272 Å². The fraction of sp³-hybridized carbons (Fsp3) is 0.186. The minimum atomic E-state index is -0.203. The van der Waals surface area contributed by atoms with Crippen LogP contribution in [0.1, 0.15) is 71.0 Å². The molecule has 0 aliphatic carbocycles. The average Bonchev–Trinajstić information content (AvgIpc) is 3.42. The van der Waals surface area contributed by atoms with E-state index < -0.39 is 0 Å². The van der Waals surface area contributed by atoms with E-state index in [4.69, 9.17) is 0 Å². The lowest BCUT2D eigenvalue weighted by Gasteiger charge is -2.32. The van der Waals surface area contributed by atoms with E-state index in [2.05, 4.69) is 135 Å². The van der Waals surface area contributed by atoms with E-state index in [0.29, 0.717) is 11.1 Å². The third-order valence-corrected chi connectivity index (χ3v) is 10.1. The standard InChI is InChI=1S/C43H40N2O/c1-6-43(7-2,8-3)40-30(5)26-29(4)27-36(40)39-25-22-31-16-12-15-21-37(31)45(39)42-35-20-14-13-19-34(35)38-24-23-33(28-44(38)42)41(46)32-17-10-9-11-18-32/h6,9-28,42H,1,7-8H2,2-5H3/q+2. The lowest BCUT2D eigenvalue weighted by molar-refractivity contribution is -0.909. The smallest absolute Gasteiger partial charge is 0.288 e. The van der Waals surface area contributed by atoms with Crippen LogP contribution in [0.2, 0.25) is 0 Å². The van der Waals surface area contributed by atoms with Gasteiger partial charge in [-0.05, 0) is 74.2 Å². The Balaban J connectivity index is 1.56. The average molecular weight is 601 g/mol. The van der Waals surface area contributed by atoms with Crippen LogP contribution in [0.3, 0.4) is 0 Å². The van der Waals surface area contributed by atoms with Gasteiger partial charge < -0.3 is 0 Å². The molecule has 3 heterocycles. The van der Waals surface area contributed by atoms with Crippen molar-refractivity contribution in [3.8, 4) is 22.5 Å². The van der Waals surface area contributed by atoms with Crippen molar-refractivity contribution < 1.29 is 13.9 Å². The lowest BCUT2D eigenvalue weighted by atomic mass is 9.71. The van der Waals surface area contributed by atoms with Crippen LogP contribution in [0.5, 0.6) is 0 Å². The van der Waals surface area contributed by atoms with Crippen LogP contribution in [-0.2, 0) is 5.41 Å². The van der Waals surface area contributed by atoms with Gasteiger partial charge in [-0.1, -0.05) is 86.2 Å². The molecule has 6 aromatic rings. The zero-order valence-corrected chi connectivity index (χ0v) is 27.1.